The van der Waals surface area contributed by atoms with Gasteiger partial charge < -0.3 is 15.0 Å². The van der Waals surface area contributed by atoms with Crippen molar-refractivity contribution in [1.82, 2.24) is 15.5 Å². The van der Waals surface area contributed by atoms with Crippen molar-refractivity contribution in [2.24, 2.45) is 0 Å². The minimum atomic E-state index is -0.687. The Balaban J connectivity index is 1.92. The highest BCUT2D eigenvalue weighted by Gasteiger charge is 2.35. The molecule has 0 spiro atoms. The van der Waals surface area contributed by atoms with Gasteiger partial charge in [-0.05, 0) is 12.8 Å². The van der Waals surface area contributed by atoms with E-state index in [9.17, 15) is 14.4 Å². The molecule has 7 nitrogen and oxygen atoms in total. The molecule has 4 amide bonds. The molecule has 1 saturated heterocycles. The Bertz CT molecular complexity index is 400. The summed E-state index contributed by atoms with van der Waals surface area (Å²) in [5.74, 6) is -0.529. The molecule has 112 valence electrons. The zero-order valence-corrected chi connectivity index (χ0v) is 11.8. The van der Waals surface area contributed by atoms with Crippen LogP contribution in [0.25, 0.3) is 0 Å². The van der Waals surface area contributed by atoms with E-state index in [-0.39, 0.29) is 37.4 Å². The Morgan fingerprint density at radius 2 is 2.05 bits per heavy atom. The Hall–Kier alpha value is -1.34. The van der Waals surface area contributed by atoms with Crippen molar-refractivity contribution < 1.29 is 19.1 Å². The molecule has 2 fully saturated rings. The zero-order chi connectivity index (χ0) is 14.5. The molecule has 20 heavy (non-hydrogen) atoms. The summed E-state index contributed by atoms with van der Waals surface area (Å²) < 4.78 is 5.25. The first kappa shape index (κ1) is 15.1. The summed E-state index contributed by atoms with van der Waals surface area (Å²) in [6.45, 7) is 0.780. The Labute approximate surface area is 122 Å². The van der Waals surface area contributed by atoms with Crippen molar-refractivity contribution in [2.75, 3.05) is 25.6 Å². The van der Waals surface area contributed by atoms with Gasteiger partial charge in [0.15, 0.2) is 0 Å². The minimum absolute atomic E-state index is 0.0660. The highest BCUT2D eigenvalue weighted by atomic mass is 35.5. The van der Waals surface area contributed by atoms with E-state index in [1.165, 1.54) is 4.90 Å². The highest BCUT2D eigenvalue weighted by molar-refractivity contribution is 6.19. The van der Waals surface area contributed by atoms with Gasteiger partial charge in [-0.1, -0.05) is 0 Å². The summed E-state index contributed by atoms with van der Waals surface area (Å²) in [4.78, 5) is 36.8. The van der Waals surface area contributed by atoms with Crippen LogP contribution in [0.3, 0.4) is 0 Å². The zero-order valence-electron chi connectivity index (χ0n) is 11.1. The van der Waals surface area contributed by atoms with Crippen molar-refractivity contribution >= 4 is 29.4 Å². The first-order valence-electron chi connectivity index (χ1n) is 6.66. The Kier molecular flexibility index (Phi) is 5.19. The van der Waals surface area contributed by atoms with E-state index >= 15 is 0 Å². The lowest BCUT2D eigenvalue weighted by Crippen LogP contribution is -2.59. The number of nitrogens with zero attached hydrogens (tertiary/aromatic N) is 1. The second-order valence-corrected chi connectivity index (χ2v) is 5.24. The van der Waals surface area contributed by atoms with Gasteiger partial charge in [0.2, 0.25) is 11.8 Å². The smallest absolute Gasteiger partial charge is 0.324 e. The number of hydrogen-bond donors (Lipinski definition) is 2. The fourth-order valence-corrected chi connectivity index (χ4v) is 2.10. The van der Waals surface area contributed by atoms with Gasteiger partial charge in [0.05, 0.1) is 13.2 Å². The molecule has 2 N–H and O–H groups in total. The van der Waals surface area contributed by atoms with Crippen LogP contribution < -0.4 is 10.6 Å². The molecule has 1 aliphatic heterocycles. The Morgan fingerprint density at radius 1 is 1.30 bits per heavy atom. The maximum Gasteiger partial charge on any atom is 0.324 e. The van der Waals surface area contributed by atoms with E-state index in [0.29, 0.717) is 6.61 Å². The van der Waals surface area contributed by atoms with Crippen molar-refractivity contribution in [2.45, 2.75) is 31.3 Å². The molecular weight excluding hydrogens is 286 g/mol. The van der Waals surface area contributed by atoms with E-state index in [1.54, 1.807) is 0 Å². The third kappa shape index (κ3) is 4.08. The van der Waals surface area contributed by atoms with Crippen LogP contribution in [0.2, 0.25) is 0 Å². The number of carbonyl (C=O) groups is 3. The summed E-state index contributed by atoms with van der Waals surface area (Å²) in [7, 11) is 0. The molecule has 0 radical (unpaired) electrons. The highest BCUT2D eigenvalue weighted by Crippen LogP contribution is 2.19. The number of rotatable bonds is 4. The third-order valence-corrected chi connectivity index (χ3v) is 3.37. The van der Waals surface area contributed by atoms with Crippen LogP contribution in [-0.4, -0.2) is 60.5 Å². The SMILES string of the molecule is O=C(CCCl)NC(=O)N1CCOCC1C(=O)NC1CC1. The maximum absolute atomic E-state index is 12.1. The van der Waals surface area contributed by atoms with Crippen LogP contribution in [-0.2, 0) is 14.3 Å². The molecule has 8 heteroatoms. The standard InChI is InChI=1S/C12H18ClN3O4/c13-4-3-10(17)15-12(19)16-5-6-20-7-9(16)11(18)14-8-1-2-8/h8-9H,1-7H2,(H,14,18)(H,15,17,19). The van der Waals surface area contributed by atoms with Crippen LogP contribution >= 0.6 is 11.6 Å². The molecule has 1 atom stereocenters. The molecule has 0 bridgehead atoms. The van der Waals surface area contributed by atoms with E-state index < -0.39 is 18.0 Å². The first-order chi connectivity index (χ1) is 9.61. The summed E-state index contributed by atoms with van der Waals surface area (Å²) >= 11 is 5.44. The average Bonchev–Trinajstić information content (AvgIpc) is 3.22. The molecule has 0 aromatic rings. The van der Waals surface area contributed by atoms with Crippen molar-refractivity contribution in [3.8, 4) is 0 Å². The van der Waals surface area contributed by atoms with Crippen LogP contribution in [0, 0.1) is 0 Å². The lowest BCUT2D eigenvalue weighted by atomic mass is 10.2. The number of alkyl halides is 1. The number of urea groups is 1. The Morgan fingerprint density at radius 3 is 2.70 bits per heavy atom. The van der Waals surface area contributed by atoms with Gasteiger partial charge >= 0.3 is 6.03 Å². The lowest BCUT2D eigenvalue weighted by Gasteiger charge is -2.34. The van der Waals surface area contributed by atoms with Crippen LogP contribution in [0.1, 0.15) is 19.3 Å². The molecule has 1 unspecified atom stereocenters. The summed E-state index contributed by atoms with van der Waals surface area (Å²) in [6, 6.07) is -1.04. The topological polar surface area (TPSA) is 87.7 Å². The largest absolute Gasteiger partial charge is 0.377 e. The average molecular weight is 304 g/mol. The summed E-state index contributed by atoms with van der Waals surface area (Å²) in [6.07, 6.45) is 2.01. The van der Waals surface area contributed by atoms with Crippen LogP contribution in [0.15, 0.2) is 0 Å². The fourth-order valence-electron chi connectivity index (χ4n) is 1.93. The number of carbonyl (C=O) groups excluding carboxylic acids is 3. The van der Waals surface area contributed by atoms with E-state index in [2.05, 4.69) is 10.6 Å². The van der Waals surface area contributed by atoms with Crippen molar-refractivity contribution in [3.63, 3.8) is 0 Å². The molecule has 0 aromatic heterocycles. The van der Waals surface area contributed by atoms with Crippen LogP contribution in [0.5, 0.6) is 0 Å². The van der Waals surface area contributed by atoms with E-state index in [4.69, 9.17) is 16.3 Å². The molecular formula is C12H18ClN3O4. The van der Waals surface area contributed by atoms with Crippen LogP contribution in [0.4, 0.5) is 4.79 Å². The number of hydrogen-bond acceptors (Lipinski definition) is 4. The number of nitrogens with one attached hydrogen (secondary N) is 2. The number of imide groups is 1. The van der Waals surface area contributed by atoms with Gasteiger partial charge in [0.25, 0.3) is 0 Å². The summed E-state index contributed by atoms with van der Waals surface area (Å²) in [5, 5.41) is 5.07. The number of ether oxygens (including phenoxy) is 1. The van der Waals surface area contributed by atoms with E-state index in [1.807, 2.05) is 0 Å². The van der Waals surface area contributed by atoms with Gasteiger partial charge in [-0.15, -0.1) is 11.6 Å². The van der Waals surface area contributed by atoms with Crippen molar-refractivity contribution in [1.29, 1.82) is 0 Å². The quantitative estimate of drug-likeness (QED) is 0.706. The molecule has 2 rings (SSSR count). The lowest BCUT2D eigenvalue weighted by molar-refractivity contribution is -0.131. The fraction of sp³-hybridized carbons (Fsp3) is 0.750. The van der Waals surface area contributed by atoms with E-state index in [0.717, 1.165) is 12.8 Å². The number of morpholine rings is 1. The minimum Gasteiger partial charge on any atom is -0.377 e. The normalized spacial score (nSPS) is 22.2. The monoisotopic (exact) mass is 303 g/mol. The predicted octanol–water partition coefficient (Wildman–Crippen LogP) is -0.169. The molecule has 1 heterocycles. The second kappa shape index (κ2) is 6.90. The third-order valence-electron chi connectivity index (χ3n) is 3.18. The van der Waals surface area contributed by atoms with Gasteiger partial charge in [-0.25, -0.2) is 4.79 Å². The molecule has 1 saturated carbocycles. The molecule has 0 aromatic carbocycles. The maximum atomic E-state index is 12.1. The van der Waals surface area contributed by atoms with Gasteiger partial charge in [0, 0.05) is 24.9 Å². The molecule has 1 aliphatic carbocycles. The first-order valence-corrected chi connectivity index (χ1v) is 7.20. The van der Waals surface area contributed by atoms with Crippen molar-refractivity contribution in [3.05, 3.63) is 0 Å². The van der Waals surface area contributed by atoms with Gasteiger partial charge in [-0.2, -0.15) is 0 Å². The van der Waals surface area contributed by atoms with Gasteiger partial charge in [0.1, 0.15) is 6.04 Å². The summed E-state index contributed by atoms with van der Waals surface area (Å²) in [5.41, 5.74) is 0. The number of halogens is 1. The predicted molar refractivity (Wildman–Crippen MR) is 71.4 cm³/mol. The molecule has 2 aliphatic rings. The number of amides is 4. The van der Waals surface area contributed by atoms with Gasteiger partial charge in [-0.3, -0.25) is 14.9 Å². The second-order valence-electron chi connectivity index (χ2n) is 4.86.